The third kappa shape index (κ3) is 4.35. The fraction of sp³-hybridized carbons (Fsp3) is 0.455. The molecule has 0 saturated carbocycles. The van der Waals surface area contributed by atoms with Gasteiger partial charge in [-0.25, -0.2) is 13.1 Å². The van der Waals surface area contributed by atoms with Crippen LogP contribution in [0.3, 0.4) is 0 Å². The molecule has 1 aromatic rings. The Balaban J connectivity index is 2.89. The van der Waals surface area contributed by atoms with Crippen molar-refractivity contribution in [3.8, 4) is 0 Å². The van der Waals surface area contributed by atoms with Gasteiger partial charge in [0.1, 0.15) is 4.90 Å². The average Bonchev–Trinajstić information content (AvgIpc) is 2.29. The molecular formula is C11H17ClN2O2S2. The standard InChI is InChI=1S/C11H17ClN2O2S2/c1-3-17-7-8(2)14-18(15,16)11-6-9(12)4-5-10(11)13/h4-6,8,14H,3,7,13H2,1-2H3. The molecule has 0 saturated heterocycles. The fourth-order valence-electron chi connectivity index (χ4n) is 1.40. The van der Waals surface area contributed by atoms with Crippen LogP contribution in [0, 0.1) is 0 Å². The van der Waals surface area contributed by atoms with Gasteiger partial charge in [0.05, 0.1) is 5.69 Å². The Morgan fingerprint density at radius 3 is 2.78 bits per heavy atom. The van der Waals surface area contributed by atoms with Crippen molar-refractivity contribution in [1.82, 2.24) is 4.72 Å². The number of hydrogen-bond acceptors (Lipinski definition) is 4. The summed E-state index contributed by atoms with van der Waals surface area (Å²) in [5, 5.41) is 0.347. The second kappa shape index (κ2) is 6.65. The SMILES string of the molecule is CCSCC(C)NS(=O)(=O)c1cc(Cl)ccc1N. The van der Waals surface area contributed by atoms with Crippen LogP contribution in [-0.4, -0.2) is 26.0 Å². The summed E-state index contributed by atoms with van der Waals surface area (Å²) in [6.45, 7) is 3.85. The maximum absolute atomic E-state index is 12.1. The van der Waals surface area contributed by atoms with Gasteiger partial charge in [-0.2, -0.15) is 11.8 Å². The molecule has 1 unspecified atom stereocenters. The lowest BCUT2D eigenvalue weighted by Gasteiger charge is -2.14. The highest BCUT2D eigenvalue weighted by Crippen LogP contribution is 2.22. The number of rotatable bonds is 6. The van der Waals surface area contributed by atoms with Gasteiger partial charge in [0.2, 0.25) is 10.0 Å². The van der Waals surface area contributed by atoms with E-state index in [1.165, 1.54) is 12.1 Å². The van der Waals surface area contributed by atoms with Crippen molar-refractivity contribution in [3.05, 3.63) is 23.2 Å². The van der Waals surface area contributed by atoms with Crippen LogP contribution < -0.4 is 10.5 Å². The van der Waals surface area contributed by atoms with Crippen molar-refractivity contribution in [3.63, 3.8) is 0 Å². The monoisotopic (exact) mass is 308 g/mol. The summed E-state index contributed by atoms with van der Waals surface area (Å²) in [6, 6.07) is 4.26. The summed E-state index contributed by atoms with van der Waals surface area (Å²) in [6.07, 6.45) is 0. The van der Waals surface area contributed by atoms with E-state index >= 15 is 0 Å². The first-order valence-electron chi connectivity index (χ1n) is 5.52. The normalized spacial score (nSPS) is 13.5. The van der Waals surface area contributed by atoms with Crippen molar-refractivity contribution < 1.29 is 8.42 Å². The van der Waals surface area contributed by atoms with E-state index in [-0.39, 0.29) is 16.6 Å². The van der Waals surface area contributed by atoms with Gasteiger partial charge in [-0.3, -0.25) is 0 Å². The van der Waals surface area contributed by atoms with Gasteiger partial charge in [-0.15, -0.1) is 0 Å². The van der Waals surface area contributed by atoms with Crippen molar-refractivity contribution in [2.24, 2.45) is 0 Å². The predicted octanol–water partition coefficient (Wildman–Crippen LogP) is 2.34. The van der Waals surface area contributed by atoms with Crippen LogP contribution in [0.2, 0.25) is 5.02 Å². The molecule has 0 bridgehead atoms. The molecule has 18 heavy (non-hydrogen) atoms. The number of hydrogen-bond donors (Lipinski definition) is 2. The fourth-order valence-corrected chi connectivity index (χ4v) is 3.81. The minimum atomic E-state index is -3.62. The van der Waals surface area contributed by atoms with E-state index in [2.05, 4.69) is 4.72 Å². The van der Waals surface area contributed by atoms with Gasteiger partial charge >= 0.3 is 0 Å². The van der Waals surface area contributed by atoms with E-state index in [4.69, 9.17) is 17.3 Å². The molecular weight excluding hydrogens is 292 g/mol. The quantitative estimate of drug-likeness (QED) is 0.791. The number of thioether (sulfide) groups is 1. The van der Waals surface area contributed by atoms with E-state index in [0.717, 1.165) is 11.5 Å². The number of anilines is 1. The highest BCUT2D eigenvalue weighted by molar-refractivity contribution is 7.99. The number of nitrogen functional groups attached to an aromatic ring is 1. The zero-order chi connectivity index (χ0) is 13.8. The largest absolute Gasteiger partial charge is 0.398 e. The van der Waals surface area contributed by atoms with Gasteiger partial charge < -0.3 is 5.73 Å². The van der Waals surface area contributed by atoms with E-state index < -0.39 is 10.0 Å². The Bertz CT molecular complexity index is 506. The molecule has 0 heterocycles. The minimum absolute atomic E-state index is 0.0309. The predicted molar refractivity (Wildman–Crippen MR) is 78.6 cm³/mol. The lowest BCUT2D eigenvalue weighted by atomic mass is 10.3. The van der Waals surface area contributed by atoms with E-state index in [1.807, 2.05) is 13.8 Å². The first-order chi connectivity index (χ1) is 8.36. The summed E-state index contributed by atoms with van der Waals surface area (Å²) >= 11 is 7.47. The van der Waals surface area contributed by atoms with Crippen molar-refractivity contribution in [2.45, 2.75) is 24.8 Å². The number of nitrogens with two attached hydrogens (primary N) is 1. The van der Waals surface area contributed by atoms with E-state index in [9.17, 15) is 8.42 Å². The number of nitrogens with one attached hydrogen (secondary N) is 1. The first kappa shape index (κ1) is 15.6. The molecule has 0 amide bonds. The summed E-state index contributed by atoms with van der Waals surface area (Å²) in [5.74, 6) is 1.67. The summed E-state index contributed by atoms with van der Waals surface area (Å²) in [5.41, 5.74) is 5.86. The van der Waals surface area contributed by atoms with Gasteiger partial charge in [-0.1, -0.05) is 18.5 Å². The van der Waals surface area contributed by atoms with Crippen LogP contribution in [0.15, 0.2) is 23.1 Å². The summed E-state index contributed by atoms with van der Waals surface area (Å²) < 4.78 is 26.8. The molecule has 1 rings (SSSR count). The Hall–Kier alpha value is -0.430. The molecule has 0 aliphatic heterocycles. The molecule has 0 spiro atoms. The first-order valence-corrected chi connectivity index (χ1v) is 8.53. The van der Waals surface area contributed by atoms with E-state index in [1.54, 1.807) is 17.8 Å². The maximum atomic E-state index is 12.1. The molecule has 1 atom stereocenters. The molecule has 102 valence electrons. The maximum Gasteiger partial charge on any atom is 0.242 e. The van der Waals surface area contributed by atoms with Crippen molar-refractivity contribution in [1.29, 1.82) is 0 Å². The Labute approximate surface area is 117 Å². The molecule has 0 fully saturated rings. The Morgan fingerprint density at radius 2 is 2.17 bits per heavy atom. The molecule has 3 N–H and O–H groups in total. The molecule has 0 aliphatic carbocycles. The molecule has 7 heteroatoms. The van der Waals surface area contributed by atoms with E-state index in [0.29, 0.717) is 5.02 Å². The third-order valence-corrected chi connectivity index (χ3v) is 5.22. The molecule has 0 radical (unpaired) electrons. The lowest BCUT2D eigenvalue weighted by molar-refractivity contribution is 0.571. The van der Waals surface area contributed by atoms with Gasteiger partial charge in [0.15, 0.2) is 0 Å². The average molecular weight is 309 g/mol. The van der Waals surface area contributed by atoms with Crippen LogP contribution in [0.5, 0.6) is 0 Å². The van der Waals surface area contributed by atoms with Crippen LogP contribution in [0.25, 0.3) is 0 Å². The molecule has 1 aromatic carbocycles. The third-order valence-electron chi connectivity index (χ3n) is 2.19. The van der Waals surface area contributed by atoms with Crippen LogP contribution in [0.1, 0.15) is 13.8 Å². The van der Waals surface area contributed by atoms with Crippen LogP contribution in [-0.2, 0) is 10.0 Å². The van der Waals surface area contributed by atoms with Crippen LogP contribution in [0.4, 0.5) is 5.69 Å². The highest BCUT2D eigenvalue weighted by atomic mass is 35.5. The number of sulfonamides is 1. The smallest absolute Gasteiger partial charge is 0.242 e. The van der Waals surface area contributed by atoms with Crippen molar-refractivity contribution >= 4 is 39.1 Å². The second-order valence-electron chi connectivity index (χ2n) is 3.86. The Kier molecular flexibility index (Phi) is 5.78. The zero-order valence-electron chi connectivity index (χ0n) is 10.3. The minimum Gasteiger partial charge on any atom is -0.398 e. The van der Waals surface area contributed by atoms with Gasteiger partial charge in [0, 0.05) is 16.8 Å². The topological polar surface area (TPSA) is 72.2 Å². The molecule has 0 aliphatic rings. The molecule has 0 aromatic heterocycles. The summed E-state index contributed by atoms with van der Waals surface area (Å²) in [7, 11) is -3.62. The van der Waals surface area contributed by atoms with Crippen molar-refractivity contribution in [2.75, 3.05) is 17.2 Å². The lowest BCUT2D eigenvalue weighted by Crippen LogP contribution is -2.34. The number of halogens is 1. The number of benzene rings is 1. The molecule has 4 nitrogen and oxygen atoms in total. The highest BCUT2D eigenvalue weighted by Gasteiger charge is 2.20. The zero-order valence-corrected chi connectivity index (χ0v) is 12.7. The van der Waals surface area contributed by atoms with Crippen LogP contribution >= 0.6 is 23.4 Å². The van der Waals surface area contributed by atoms with Gasteiger partial charge in [0.25, 0.3) is 0 Å². The summed E-state index contributed by atoms with van der Waals surface area (Å²) in [4.78, 5) is 0.0309. The Morgan fingerprint density at radius 1 is 1.50 bits per heavy atom. The second-order valence-corrected chi connectivity index (χ2v) is 7.30. The van der Waals surface area contributed by atoms with Gasteiger partial charge in [-0.05, 0) is 30.9 Å².